The second-order valence-corrected chi connectivity index (χ2v) is 7.48. The zero-order valence-electron chi connectivity index (χ0n) is 16.4. The van der Waals surface area contributed by atoms with Crippen molar-refractivity contribution >= 4 is 16.9 Å². The first-order valence-electron chi connectivity index (χ1n) is 9.78. The number of carbonyl (C=O) groups is 1. The van der Waals surface area contributed by atoms with Crippen LogP contribution >= 0.6 is 0 Å². The van der Waals surface area contributed by atoms with Crippen LogP contribution < -0.4 is 4.74 Å². The summed E-state index contributed by atoms with van der Waals surface area (Å²) in [6.45, 7) is 1.98. The molecule has 1 aromatic heterocycles. The van der Waals surface area contributed by atoms with Gasteiger partial charge in [0.2, 0.25) is 0 Å². The molecule has 29 heavy (non-hydrogen) atoms. The molecule has 1 amide bonds. The Morgan fingerprint density at radius 3 is 2.55 bits per heavy atom. The van der Waals surface area contributed by atoms with Crippen LogP contribution in [0.2, 0.25) is 0 Å². The van der Waals surface area contributed by atoms with E-state index in [1.807, 2.05) is 23.1 Å². The van der Waals surface area contributed by atoms with Gasteiger partial charge in [0.1, 0.15) is 11.6 Å². The van der Waals surface area contributed by atoms with Crippen LogP contribution in [0.15, 0.2) is 48.5 Å². The number of amides is 1. The molecule has 5 nitrogen and oxygen atoms in total. The highest BCUT2D eigenvalue weighted by atomic mass is 19.3. The molecule has 2 aromatic carbocycles. The molecule has 0 N–H and O–H groups in total. The zero-order valence-corrected chi connectivity index (χ0v) is 16.4. The summed E-state index contributed by atoms with van der Waals surface area (Å²) >= 11 is 0. The third-order valence-corrected chi connectivity index (χ3v) is 5.28. The molecular weight excluding hydrogens is 376 g/mol. The lowest BCUT2D eigenvalue weighted by atomic mass is 10.1. The predicted molar refractivity (Wildman–Crippen MR) is 106 cm³/mol. The van der Waals surface area contributed by atoms with Gasteiger partial charge in [-0.2, -0.15) is 8.78 Å². The topological polar surface area (TPSA) is 47.4 Å². The number of benzene rings is 2. The summed E-state index contributed by atoms with van der Waals surface area (Å²) in [5.74, 6) is 0.805. The number of halogens is 2. The molecule has 0 saturated carbocycles. The lowest BCUT2D eigenvalue weighted by molar-refractivity contribution is -0.0498. The standard InChI is InChI=1S/C22H23F2N3O2/c1-14(2)27-18-7-4-3-6-17(18)25-20(27)19-8-5-13-26(19)21(28)15-9-11-16(12-10-15)29-22(23)24/h3-4,6-7,9-12,14,19,22H,5,8,13H2,1-2H3/t19-/m1/s1. The number of rotatable bonds is 5. The van der Waals surface area contributed by atoms with E-state index in [4.69, 9.17) is 4.98 Å². The van der Waals surface area contributed by atoms with E-state index in [1.165, 1.54) is 24.3 Å². The number of nitrogens with zero attached hydrogens (tertiary/aromatic N) is 3. The predicted octanol–water partition coefficient (Wildman–Crippen LogP) is 5.20. The third-order valence-electron chi connectivity index (χ3n) is 5.28. The fraction of sp³-hybridized carbons (Fsp3) is 0.364. The highest BCUT2D eigenvalue weighted by molar-refractivity contribution is 5.94. The van der Waals surface area contributed by atoms with E-state index < -0.39 is 6.61 Å². The number of hydrogen-bond acceptors (Lipinski definition) is 3. The Morgan fingerprint density at radius 2 is 1.86 bits per heavy atom. The van der Waals surface area contributed by atoms with Crippen molar-refractivity contribution < 1.29 is 18.3 Å². The number of fused-ring (bicyclic) bond motifs is 1. The molecule has 2 heterocycles. The summed E-state index contributed by atoms with van der Waals surface area (Å²) in [6.07, 6.45) is 1.73. The molecule has 152 valence electrons. The third kappa shape index (κ3) is 3.69. The van der Waals surface area contributed by atoms with Crippen molar-refractivity contribution in [3.05, 3.63) is 59.9 Å². The summed E-state index contributed by atoms with van der Waals surface area (Å²) in [5, 5.41) is 0. The highest BCUT2D eigenvalue weighted by Gasteiger charge is 2.34. The maximum Gasteiger partial charge on any atom is 0.387 e. The van der Waals surface area contributed by atoms with Gasteiger partial charge >= 0.3 is 6.61 Å². The molecule has 1 saturated heterocycles. The van der Waals surface area contributed by atoms with E-state index in [9.17, 15) is 13.6 Å². The van der Waals surface area contributed by atoms with Crippen LogP contribution in [0, 0.1) is 0 Å². The van der Waals surface area contributed by atoms with E-state index in [0.717, 1.165) is 29.7 Å². The first-order valence-corrected chi connectivity index (χ1v) is 9.78. The molecule has 0 spiro atoms. The van der Waals surface area contributed by atoms with E-state index in [0.29, 0.717) is 12.1 Å². The molecule has 1 aliphatic rings. The van der Waals surface area contributed by atoms with Crippen molar-refractivity contribution in [3.63, 3.8) is 0 Å². The van der Waals surface area contributed by atoms with Crippen LogP contribution in [0.4, 0.5) is 8.78 Å². The maximum absolute atomic E-state index is 13.2. The van der Waals surface area contributed by atoms with Crippen LogP contribution in [0.1, 0.15) is 55.0 Å². The second-order valence-electron chi connectivity index (χ2n) is 7.48. The summed E-state index contributed by atoms with van der Waals surface area (Å²) in [6, 6.07) is 13.9. The Labute approximate surface area is 167 Å². The normalized spacial score (nSPS) is 16.9. The van der Waals surface area contributed by atoms with Crippen molar-refractivity contribution in [2.24, 2.45) is 0 Å². The Kier molecular flexibility index (Phi) is 5.22. The minimum absolute atomic E-state index is 0.0381. The first-order chi connectivity index (χ1) is 14.0. The number of imidazole rings is 1. The monoisotopic (exact) mass is 399 g/mol. The highest BCUT2D eigenvalue weighted by Crippen LogP contribution is 2.36. The quantitative estimate of drug-likeness (QED) is 0.593. The van der Waals surface area contributed by atoms with Crippen LogP contribution in [-0.2, 0) is 0 Å². The summed E-state index contributed by atoms with van der Waals surface area (Å²) in [4.78, 5) is 19.9. The Morgan fingerprint density at radius 1 is 1.14 bits per heavy atom. The summed E-state index contributed by atoms with van der Waals surface area (Å²) in [5.41, 5.74) is 2.43. The van der Waals surface area contributed by atoms with Gasteiger partial charge in [-0.1, -0.05) is 12.1 Å². The molecule has 1 fully saturated rings. The van der Waals surface area contributed by atoms with Gasteiger partial charge in [0.05, 0.1) is 17.1 Å². The van der Waals surface area contributed by atoms with Gasteiger partial charge in [0.15, 0.2) is 0 Å². The lowest BCUT2D eigenvalue weighted by Gasteiger charge is -2.26. The fourth-order valence-corrected chi connectivity index (χ4v) is 4.06. The molecule has 3 aromatic rings. The van der Waals surface area contributed by atoms with Crippen LogP contribution in [0.3, 0.4) is 0 Å². The van der Waals surface area contributed by atoms with Gasteiger partial charge in [-0.3, -0.25) is 4.79 Å². The van der Waals surface area contributed by atoms with Crippen molar-refractivity contribution in [3.8, 4) is 5.75 Å². The van der Waals surface area contributed by atoms with Gasteiger partial charge in [0, 0.05) is 18.2 Å². The Balaban J connectivity index is 1.65. The average Bonchev–Trinajstić information content (AvgIpc) is 3.32. The van der Waals surface area contributed by atoms with E-state index in [-0.39, 0.29) is 23.7 Å². The first kappa shape index (κ1) is 19.4. The van der Waals surface area contributed by atoms with Crippen molar-refractivity contribution in [2.45, 2.75) is 45.4 Å². The molecule has 0 bridgehead atoms. The molecule has 0 aliphatic carbocycles. The van der Waals surface area contributed by atoms with Crippen molar-refractivity contribution in [1.29, 1.82) is 0 Å². The van der Waals surface area contributed by atoms with Crippen molar-refractivity contribution in [2.75, 3.05) is 6.54 Å². The SMILES string of the molecule is CC(C)n1c([C@H]2CCCN2C(=O)c2ccc(OC(F)F)cc2)nc2ccccc21. The number of aromatic nitrogens is 2. The van der Waals surface area contributed by atoms with E-state index >= 15 is 0 Å². The van der Waals surface area contributed by atoms with E-state index in [2.05, 4.69) is 29.2 Å². The number of carbonyl (C=O) groups excluding carboxylic acids is 1. The summed E-state index contributed by atoms with van der Waals surface area (Å²) in [7, 11) is 0. The Hall–Kier alpha value is -2.96. The molecule has 7 heteroatoms. The van der Waals surface area contributed by atoms with Gasteiger partial charge < -0.3 is 14.2 Å². The number of alkyl halides is 2. The number of para-hydroxylation sites is 2. The van der Waals surface area contributed by atoms with Gasteiger partial charge in [-0.15, -0.1) is 0 Å². The van der Waals surface area contributed by atoms with E-state index in [1.54, 1.807) is 0 Å². The lowest BCUT2D eigenvalue weighted by Crippen LogP contribution is -2.32. The Bertz CT molecular complexity index is 1010. The van der Waals surface area contributed by atoms with Crippen LogP contribution in [-0.4, -0.2) is 33.5 Å². The fourth-order valence-electron chi connectivity index (χ4n) is 4.06. The number of ether oxygens (including phenoxy) is 1. The molecular formula is C22H23F2N3O2. The van der Waals surface area contributed by atoms with Crippen LogP contribution in [0.25, 0.3) is 11.0 Å². The molecule has 0 unspecified atom stereocenters. The van der Waals surface area contributed by atoms with Gasteiger partial charge in [0.25, 0.3) is 5.91 Å². The zero-order chi connectivity index (χ0) is 20.5. The number of likely N-dealkylation sites (tertiary alicyclic amines) is 1. The van der Waals surface area contributed by atoms with Crippen LogP contribution in [0.5, 0.6) is 5.75 Å². The second kappa shape index (κ2) is 7.81. The smallest absolute Gasteiger partial charge is 0.387 e. The molecule has 1 aliphatic heterocycles. The number of hydrogen-bond donors (Lipinski definition) is 0. The molecule has 4 rings (SSSR count). The average molecular weight is 399 g/mol. The largest absolute Gasteiger partial charge is 0.435 e. The van der Waals surface area contributed by atoms with Crippen molar-refractivity contribution in [1.82, 2.24) is 14.5 Å². The molecule has 0 radical (unpaired) electrons. The van der Waals surface area contributed by atoms with Gasteiger partial charge in [-0.25, -0.2) is 4.98 Å². The maximum atomic E-state index is 13.2. The molecule has 1 atom stereocenters. The minimum atomic E-state index is -2.89. The summed E-state index contributed by atoms with van der Waals surface area (Å²) < 4.78 is 31.3. The minimum Gasteiger partial charge on any atom is -0.435 e. The van der Waals surface area contributed by atoms with Gasteiger partial charge in [-0.05, 0) is 63.1 Å².